The molecule has 0 aliphatic heterocycles. The minimum atomic E-state index is -0.00361. The second-order valence-corrected chi connectivity index (χ2v) is 4.78. The maximum atomic E-state index is 12.6. The van der Waals surface area contributed by atoms with Crippen molar-refractivity contribution in [2.75, 3.05) is 13.1 Å². The number of hydrogen-bond donors (Lipinski definition) is 0. The fourth-order valence-corrected chi connectivity index (χ4v) is 2.34. The Morgan fingerprint density at radius 2 is 1.67 bits per heavy atom. The molecule has 1 aromatic rings. The standard InChI is InChI=1S/C16H25NO/c1-5-13(4)15(14-11-9-8-10-12-14)16(18)17(6-2)7-3/h8-13,15H,5-7H2,1-4H3/t13-,15-/m0/s1. The Labute approximate surface area is 111 Å². The zero-order valence-corrected chi connectivity index (χ0v) is 12.0. The zero-order valence-electron chi connectivity index (χ0n) is 12.0. The van der Waals surface area contributed by atoms with E-state index in [0.29, 0.717) is 5.92 Å². The van der Waals surface area contributed by atoms with Crippen LogP contribution in [0, 0.1) is 5.92 Å². The summed E-state index contributed by atoms with van der Waals surface area (Å²) in [6, 6.07) is 10.2. The summed E-state index contributed by atoms with van der Waals surface area (Å²) in [6.07, 6.45) is 1.02. The van der Waals surface area contributed by atoms with Crippen molar-refractivity contribution in [2.24, 2.45) is 5.92 Å². The molecule has 0 spiro atoms. The normalized spacial score (nSPS) is 14.0. The van der Waals surface area contributed by atoms with Gasteiger partial charge in [0.2, 0.25) is 5.91 Å². The average molecular weight is 247 g/mol. The molecule has 0 fully saturated rings. The van der Waals surface area contributed by atoms with Crippen LogP contribution in [0.15, 0.2) is 30.3 Å². The quantitative estimate of drug-likeness (QED) is 0.751. The van der Waals surface area contributed by atoms with Gasteiger partial charge in [-0.05, 0) is 25.3 Å². The molecule has 0 aliphatic rings. The predicted octanol–water partition coefficient (Wildman–Crippen LogP) is 3.68. The van der Waals surface area contributed by atoms with E-state index in [1.165, 1.54) is 0 Å². The first-order valence-electron chi connectivity index (χ1n) is 6.99. The smallest absolute Gasteiger partial charge is 0.230 e. The maximum absolute atomic E-state index is 12.6. The third kappa shape index (κ3) is 3.34. The molecule has 1 amide bonds. The van der Waals surface area contributed by atoms with Crippen molar-refractivity contribution in [3.63, 3.8) is 0 Å². The van der Waals surface area contributed by atoms with Gasteiger partial charge in [-0.2, -0.15) is 0 Å². The molecule has 0 saturated heterocycles. The van der Waals surface area contributed by atoms with Crippen LogP contribution < -0.4 is 0 Å². The highest BCUT2D eigenvalue weighted by Gasteiger charge is 2.28. The van der Waals surface area contributed by atoms with Crippen molar-refractivity contribution in [3.8, 4) is 0 Å². The molecule has 2 atom stereocenters. The topological polar surface area (TPSA) is 20.3 Å². The number of hydrogen-bond acceptors (Lipinski definition) is 1. The third-order valence-corrected chi connectivity index (χ3v) is 3.71. The lowest BCUT2D eigenvalue weighted by atomic mass is 9.84. The molecule has 0 heterocycles. The second-order valence-electron chi connectivity index (χ2n) is 4.78. The van der Waals surface area contributed by atoms with Crippen molar-refractivity contribution >= 4 is 5.91 Å². The number of carbonyl (C=O) groups is 1. The van der Waals surface area contributed by atoms with E-state index < -0.39 is 0 Å². The molecule has 1 rings (SSSR count). The van der Waals surface area contributed by atoms with Gasteiger partial charge in [0.05, 0.1) is 5.92 Å². The van der Waals surface area contributed by atoms with E-state index in [1.54, 1.807) is 0 Å². The van der Waals surface area contributed by atoms with Gasteiger partial charge < -0.3 is 4.90 Å². The molecule has 0 aromatic heterocycles. The molecule has 0 bridgehead atoms. The van der Waals surface area contributed by atoms with E-state index in [9.17, 15) is 4.79 Å². The van der Waals surface area contributed by atoms with Crippen molar-refractivity contribution in [1.29, 1.82) is 0 Å². The van der Waals surface area contributed by atoms with Gasteiger partial charge in [-0.3, -0.25) is 4.79 Å². The van der Waals surface area contributed by atoms with Crippen LogP contribution in [0.4, 0.5) is 0 Å². The van der Waals surface area contributed by atoms with E-state index >= 15 is 0 Å². The van der Waals surface area contributed by atoms with Crippen molar-refractivity contribution in [1.82, 2.24) is 4.90 Å². The molecule has 0 N–H and O–H groups in total. The second kappa shape index (κ2) is 7.20. The van der Waals surface area contributed by atoms with Crippen molar-refractivity contribution < 1.29 is 4.79 Å². The lowest BCUT2D eigenvalue weighted by molar-refractivity contribution is -0.133. The van der Waals surface area contributed by atoms with E-state index in [-0.39, 0.29) is 11.8 Å². The molecule has 1 aromatic carbocycles. The Bertz CT molecular complexity index is 357. The van der Waals surface area contributed by atoms with Gasteiger partial charge in [0.15, 0.2) is 0 Å². The van der Waals surface area contributed by atoms with Crippen LogP contribution in [0.1, 0.15) is 45.6 Å². The van der Waals surface area contributed by atoms with Crippen molar-refractivity contribution in [3.05, 3.63) is 35.9 Å². The molecule has 0 aliphatic carbocycles. The Morgan fingerprint density at radius 1 is 1.11 bits per heavy atom. The molecule has 0 unspecified atom stereocenters. The van der Waals surface area contributed by atoms with E-state index in [2.05, 4.69) is 26.0 Å². The van der Waals surface area contributed by atoms with Gasteiger partial charge in [-0.25, -0.2) is 0 Å². The van der Waals surface area contributed by atoms with Crippen LogP contribution >= 0.6 is 0 Å². The summed E-state index contributed by atoms with van der Waals surface area (Å²) in [5, 5.41) is 0. The van der Waals surface area contributed by atoms with Crippen LogP contribution in [0.5, 0.6) is 0 Å². The number of rotatable bonds is 6. The van der Waals surface area contributed by atoms with E-state index in [0.717, 1.165) is 25.1 Å². The van der Waals surface area contributed by atoms with Gasteiger partial charge in [-0.15, -0.1) is 0 Å². The zero-order chi connectivity index (χ0) is 13.5. The fourth-order valence-electron chi connectivity index (χ4n) is 2.34. The summed E-state index contributed by atoms with van der Waals surface area (Å²) in [7, 11) is 0. The highest BCUT2D eigenvalue weighted by molar-refractivity contribution is 5.84. The van der Waals surface area contributed by atoms with E-state index in [1.807, 2.05) is 36.9 Å². The molecular weight excluding hydrogens is 222 g/mol. The van der Waals surface area contributed by atoms with Gasteiger partial charge >= 0.3 is 0 Å². The van der Waals surface area contributed by atoms with Crippen LogP contribution in [0.25, 0.3) is 0 Å². The van der Waals surface area contributed by atoms with Crippen LogP contribution in [0.2, 0.25) is 0 Å². The summed E-state index contributed by atoms with van der Waals surface area (Å²) in [4.78, 5) is 14.6. The maximum Gasteiger partial charge on any atom is 0.230 e. The summed E-state index contributed by atoms with van der Waals surface area (Å²) in [5.41, 5.74) is 1.14. The highest BCUT2D eigenvalue weighted by Crippen LogP contribution is 2.28. The first kappa shape index (κ1) is 14.7. The summed E-state index contributed by atoms with van der Waals surface area (Å²) >= 11 is 0. The highest BCUT2D eigenvalue weighted by atomic mass is 16.2. The SMILES string of the molecule is CC[C@H](C)[C@H](C(=O)N(CC)CC)c1ccccc1. The van der Waals surface area contributed by atoms with Gasteiger partial charge in [0.1, 0.15) is 0 Å². The molecule has 0 radical (unpaired) electrons. The van der Waals surface area contributed by atoms with Crippen molar-refractivity contribution in [2.45, 2.75) is 40.0 Å². The Hall–Kier alpha value is -1.31. The first-order valence-corrected chi connectivity index (χ1v) is 6.99. The molecule has 0 saturated carbocycles. The number of amides is 1. The van der Waals surface area contributed by atoms with Crippen LogP contribution in [-0.4, -0.2) is 23.9 Å². The summed E-state index contributed by atoms with van der Waals surface area (Å²) in [6.45, 7) is 9.97. The predicted molar refractivity (Wildman–Crippen MR) is 76.6 cm³/mol. The molecular formula is C16H25NO. The Balaban J connectivity index is 3.03. The number of likely N-dealkylation sites (N-methyl/N-ethyl adjacent to an activating group) is 1. The Morgan fingerprint density at radius 3 is 2.11 bits per heavy atom. The van der Waals surface area contributed by atoms with Crippen LogP contribution in [-0.2, 0) is 4.79 Å². The lowest BCUT2D eigenvalue weighted by Gasteiger charge is -2.29. The molecule has 2 heteroatoms. The first-order chi connectivity index (χ1) is 8.65. The summed E-state index contributed by atoms with van der Waals surface area (Å²) in [5.74, 6) is 0.636. The molecule has 18 heavy (non-hydrogen) atoms. The largest absolute Gasteiger partial charge is 0.343 e. The average Bonchev–Trinajstić information content (AvgIpc) is 2.41. The van der Waals surface area contributed by atoms with Gasteiger partial charge in [-0.1, -0.05) is 50.6 Å². The molecule has 100 valence electrons. The number of carbonyl (C=O) groups excluding carboxylic acids is 1. The van der Waals surface area contributed by atoms with Crippen LogP contribution in [0.3, 0.4) is 0 Å². The van der Waals surface area contributed by atoms with Gasteiger partial charge in [0, 0.05) is 13.1 Å². The Kier molecular flexibility index (Phi) is 5.90. The number of nitrogens with zero attached hydrogens (tertiary/aromatic N) is 1. The van der Waals surface area contributed by atoms with E-state index in [4.69, 9.17) is 0 Å². The minimum Gasteiger partial charge on any atom is -0.343 e. The fraction of sp³-hybridized carbons (Fsp3) is 0.562. The molecule has 2 nitrogen and oxygen atoms in total. The van der Waals surface area contributed by atoms with Gasteiger partial charge in [0.25, 0.3) is 0 Å². The third-order valence-electron chi connectivity index (χ3n) is 3.71. The minimum absolute atomic E-state index is 0.00361. The monoisotopic (exact) mass is 247 g/mol. The number of benzene rings is 1. The lowest BCUT2D eigenvalue weighted by Crippen LogP contribution is -2.37. The summed E-state index contributed by atoms with van der Waals surface area (Å²) < 4.78 is 0.